The molecular weight excluding hydrogens is 351 g/mol. The molecule has 0 aliphatic carbocycles. The Morgan fingerprint density at radius 2 is 1.42 bits per heavy atom. The van der Waals surface area contributed by atoms with Gasteiger partial charge in [-0.15, -0.1) is 0 Å². The molecule has 1 aromatic carbocycles. The van der Waals surface area contributed by atoms with Crippen LogP contribution in [-0.4, -0.2) is 22.5 Å². The highest BCUT2D eigenvalue weighted by molar-refractivity contribution is 7.46. The highest BCUT2D eigenvalue weighted by atomic mass is 31.2. The molecule has 0 amide bonds. The fourth-order valence-electron chi connectivity index (χ4n) is 2.91. The van der Waals surface area contributed by atoms with Crippen molar-refractivity contribution in [3.63, 3.8) is 0 Å². The molecule has 1 unspecified atom stereocenters. The number of unbranched alkanes of at least 4 members (excludes halogenated alkanes) is 9. The summed E-state index contributed by atoms with van der Waals surface area (Å²) in [7, 11) is -4.47. The van der Waals surface area contributed by atoms with E-state index in [4.69, 9.17) is 14.5 Å². The van der Waals surface area contributed by atoms with Gasteiger partial charge in [0.05, 0.1) is 6.61 Å². The van der Waals surface area contributed by atoms with Crippen LogP contribution in [0.3, 0.4) is 0 Å². The SMILES string of the molecule is CCCCCCCCCCCCC(COP(=O)(O)O)Oc1ccccc1. The maximum Gasteiger partial charge on any atom is 0.469 e. The van der Waals surface area contributed by atoms with Gasteiger partial charge >= 0.3 is 7.82 Å². The third-order valence-electron chi connectivity index (χ3n) is 4.35. The van der Waals surface area contributed by atoms with E-state index in [1.165, 1.54) is 51.4 Å². The smallest absolute Gasteiger partial charge is 0.469 e. The molecule has 0 saturated heterocycles. The van der Waals surface area contributed by atoms with E-state index in [1.54, 1.807) is 0 Å². The molecule has 1 atom stereocenters. The number of rotatable bonds is 16. The molecule has 5 nitrogen and oxygen atoms in total. The second-order valence-corrected chi connectivity index (χ2v) is 8.05. The van der Waals surface area contributed by atoms with E-state index in [0.29, 0.717) is 5.75 Å². The minimum Gasteiger partial charge on any atom is -0.488 e. The monoisotopic (exact) mass is 386 g/mol. The summed E-state index contributed by atoms with van der Waals surface area (Å²) >= 11 is 0. The van der Waals surface area contributed by atoms with Crippen LogP contribution >= 0.6 is 7.82 Å². The number of phosphoric ester groups is 1. The molecule has 0 bridgehead atoms. The van der Waals surface area contributed by atoms with Crippen LogP contribution in [0.4, 0.5) is 0 Å². The largest absolute Gasteiger partial charge is 0.488 e. The molecule has 26 heavy (non-hydrogen) atoms. The lowest BCUT2D eigenvalue weighted by Gasteiger charge is -2.19. The van der Waals surface area contributed by atoms with E-state index in [9.17, 15) is 4.57 Å². The Kier molecular flexibility index (Phi) is 12.7. The van der Waals surface area contributed by atoms with Crippen molar-refractivity contribution in [2.75, 3.05) is 6.61 Å². The van der Waals surface area contributed by atoms with Crippen molar-refractivity contribution in [3.05, 3.63) is 30.3 Å². The molecule has 1 aromatic rings. The number of hydrogen-bond donors (Lipinski definition) is 2. The first-order valence-electron chi connectivity index (χ1n) is 9.93. The average Bonchev–Trinajstić information content (AvgIpc) is 2.61. The Bertz CT molecular complexity index is 488. The van der Waals surface area contributed by atoms with Gasteiger partial charge in [-0.25, -0.2) is 4.57 Å². The van der Waals surface area contributed by atoms with Crippen molar-refractivity contribution in [1.82, 2.24) is 0 Å². The van der Waals surface area contributed by atoms with Crippen molar-refractivity contribution in [2.45, 2.75) is 83.7 Å². The Balaban J connectivity index is 2.20. The molecule has 1 rings (SSSR count). The van der Waals surface area contributed by atoms with Crippen LogP contribution in [0.25, 0.3) is 0 Å². The average molecular weight is 386 g/mol. The lowest BCUT2D eigenvalue weighted by atomic mass is 10.0. The van der Waals surface area contributed by atoms with Crippen LogP contribution in [0.5, 0.6) is 5.75 Å². The van der Waals surface area contributed by atoms with Gasteiger partial charge in [-0.1, -0.05) is 82.9 Å². The molecule has 0 spiro atoms. The number of para-hydroxylation sites is 1. The Morgan fingerprint density at radius 3 is 1.96 bits per heavy atom. The minimum atomic E-state index is -4.47. The Hall–Kier alpha value is -0.870. The minimum absolute atomic E-state index is 0.101. The summed E-state index contributed by atoms with van der Waals surface area (Å²) in [4.78, 5) is 17.8. The maximum atomic E-state index is 10.9. The summed E-state index contributed by atoms with van der Waals surface area (Å²) in [5.74, 6) is 0.693. The maximum absolute atomic E-state index is 10.9. The summed E-state index contributed by atoms with van der Waals surface area (Å²) in [5.41, 5.74) is 0. The number of benzene rings is 1. The van der Waals surface area contributed by atoms with E-state index >= 15 is 0 Å². The third-order valence-corrected chi connectivity index (χ3v) is 4.84. The van der Waals surface area contributed by atoms with Crippen LogP contribution in [0, 0.1) is 0 Å². The molecule has 0 fully saturated rings. The fourth-order valence-corrected chi connectivity index (χ4v) is 3.27. The predicted octanol–water partition coefficient (Wildman–Crippen LogP) is 5.85. The van der Waals surface area contributed by atoms with Gasteiger partial charge in [0.2, 0.25) is 0 Å². The normalized spacial score (nSPS) is 12.9. The summed E-state index contributed by atoms with van der Waals surface area (Å²) in [6, 6.07) is 9.32. The lowest BCUT2D eigenvalue weighted by molar-refractivity contribution is 0.0941. The first kappa shape index (κ1) is 23.2. The van der Waals surface area contributed by atoms with Crippen molar-refractivity contribution >= 4 is 7.82 Å². The first-order valence-corrected chi connectivity index (χ1v) is 11.5. The van der Waals surface area contributed by atoms with E-state index in [-0.39, 0.29) is 12.7 Å². The van der Waals surface area contributed by atoms with Crippen molar-refractivity contribution in [1.29, 1.82) is 0 Å². The molecule has 0 aliphatic heterocycles. The molecular formula is C20H35O5P. The zero-order valence-electron chi connectivity index (χ0n) is 16.0. The van der Waals surface area contributed by atoms with E-state index < -0.39 is 7.82 Å². The third kappa shape index (κ3) is 13.3. The number of phosphoric acid groups is 1. The molecule has 0 heterocycles. The van der Waals surface area contributed by atoms with Crippen LogP contribution in [0.15, 0.2) is 30.3 Å². The Labute approximate surface area is 158 Å². The van der Waals surface area contributed by atoms with Gasteiger partial charge < -0.3 is 14.5 Å². The number of ether oxygens (including phenoxy) is 1. The summed E-state index contributed by atoms with van der Waals surface area (Å²) in [6.45, 7) is 2.14. The van der Waals surface area contributed by atoms with Crippen LogP contribution in [-0.2, 0) is 9.09 Å². The van der Waals surface area contributed by atoms with Crippen molar-refractivity contribution in [2.24, 2.45) is 0 Å². The second kappa shape index (κ2) is 14.2. The van der Waals surface area contributed by atoms with Gasteiger partial charge in [0.25, 0.3) is 0 Å². The van der Waals surface area contributed by atoms with Gasteiger partial charge in [-0.05, 0) is 25.0 Å². The number of hydrogen-bond acceptors (Lipinski definition) is 3. The van der Waals surface area contributed by atoms with Crippen LogP contribution < -0.4 is 4.74 Å². The van der Waals surface area contributed by atoms with Crippen LogP contribution in [0.2, 0.25) is 0 Å². The van der Waals surface area contributed by atoms with Gasteiger partial charge in [-0.2, -0.15) is 0 Å². The van der Waals surface area contributed by atoms with E-state index in [2.05, 4.69) is 11.4 Å². The lowest BCUT2D eigenvalue weighted by Crippen LogP contribution is -2.22. The summed E-state index contributed by atoms with van der Waals surface area (Å²) in [6.07, 6.45) is 12.9. The van der Waals surface area contributed by atoms with Crippen LogP contribution in [0.1, 0.15) is 77.6 Å². The molecule has 0 aliphatic rings. The standard InChI is InChI=1S/C20H35O5P/c1-2-3-4-5-6-7-8-9-10-12-17-20(18-24-26(21,22)23)25-19-15-13-11-14-16-19/h11,13-16,20H,2-10,12,17-18H2,1H3,(H2,21,22,23). The quantitative estimate of drug-likeness (QED) is 0.275. The topological polar surface area (TPSA) is 76.0 Å². The highest BCUT2D eigenvalue weighted by Crippen LogP contribution is 2.36. The highest BCUT2D eigenvalue weighted by Gasteiger charge is 2.19. The van der Waals surface area contributed by atoms with Crippen molar-refractivity contribution < 1.29 is 23.6 Å². The summed E-state index contributed by atoms with van der Waals surface area (Å²) < 4.78 is 21.4. The van der Waals surface area contributed by atoms with Gasteiger partial charge in [0.1, 0.15) is 11.9 Å². The fraction of sp³-hybridized carbons (Fsp3) is 0.700. The molecule has 0 radical (unpaired) electrons. The zero-order chi connectivity index (χ0) is 19.1. The zero-order valence-corrected chi connectivity index (χ0v) is 16.9. The Morgan fingerprint density at radius 1 is 0.885 bits per heavy atom. The van der Waals surface area contributed by atoms with Gasteiger partial charge in [0.15, 0.2) is 0 Å². The van der Waals surface area contributed by atoms with Gasteiger partial charge in [0, 0.05) is 0 Å². The predicted molar refractivity (Wildman–Crippen MR) is 105 cm³/mol. The molecule has 0 aromatic heterocycles. The second-order valence-electron chi connectivity index (χ2n) is 6.81. The molecule has 150 valence electrons. The molecule has 0 saturated carbocycles. The molecule has 6 heteroatoms. The molecule has 2 N–H and O–H groups in total. The van der Waals surface area contributed by atoms with Crippen molar-refractivity contribution in [3.8, 4) is 5.75 Å². The van der Waals surface area contributed by atoms with E-state index in [1.807, 2.05) is 30.3 Å². The van der Waals surface area contributed by atoms with E-state index in [0.717, 1.165) is 19.3 Å². The first-order chi connectivity index (χ1) is 12.5. The van der Waals surface area contributed by atoms with Gasteiger partial charge in [-0.3, -0.25) is 4.52 Å². The summed E-state index contributed by atoms with van der Waals surface area (Å²) in [5, 5.41) is 0.